The third kappa shape index (κ3) is 4.05. The van der Waals surface area contributed by atoms with Crippen molar-refractivity contribution in [1.29, 1.82) is 0 Å². The summed E-state index contributed by atoms with van der Waals surface area (Å²) >= 11 is 0. The molecule has 0 aliphatic carbocycles. The molecule has 0 aliphatic heterocycles. The maximum atomic E-state index is 13.5. The van der Waals surface area contributed by atoms with Crippen LogP contribution in [0.25, 0.3) is 0 Å². The topological polar surface area (TPSA) is 271 Å². The fourth-order valence-electron chi connectivity index (χ4n) is 1.14. The maximum absolute atomic E-state index is 13.5. The van der Waals surface area contributed by atoms with Crippen LogP contribution in [0.2, 0.25) is 0 Å². The van der Waals surface area contributed by atoms with E-state index in [1.54, 1.807) is 0 Å². The van der Waals surface area contributed by atoms with E-state index in [4.69, 9.17) is 0 Å². The van der Waals surface area contributed by atoms with E-state index >= 15 is 0 Å². The van der Waals surface area contributed by atoms with Gasteiger partial charge in [0.1, 0.15) is 19.7 Å². The SMILES string of the molecule is O=[N+]([O-])C(F)(COc1n[n+]([O-])c(OCC(F)([N+](=O)[O-])[N+](=O)[O-])n[n+]1[O-])[N+](=O)[O-]. The van der Waals surface area contributed by atoms with Crippen molar-refractivity contribution in [3.63, 3.8) is 0 Å². The van der Waals surface area contributed by atoms with Gasteiger partial charge >= 0.3 is 23.9 Å². The summed E-state index contributed by atoms with van der Waals surface area (Å²) in [4.78, 5) is 31.5. The highest BCUT2D eigenvalue weighted by Crippen LogP contribution is 2.15. The lowest BCUT2D eigenvalue weighted by atomic mass is 10.5. The maximum Gasteiger partial charge on any atom is 0.648 e. The summed E-state index contributed by atoms with van der Waals surface area (Å²) < 4.78 is 35.0. The Morgan fingerprint density at radius 3 is 1.21 bits per heavy atom. The zero-order valence-corrected chi connectivity index (χ0v) is 12.6. The highest BCUT2D eigenvalue weighted by molar-refractivity contribution is 4.79. The number of aromatic nitrogens is 4. The first kappa shape index (κ1) is 21.6. The van der Waals surface area contributed by atoms with E-state index in [9.17, 15) is 59.7 Å². The predicted octanol–water partition coefficient (Wildman–Crippen LogP) is -3.15. The Hall–Kier alpha value is -4.40. The largest absolute Gasteiger partial charge is 0.670 e. The van der Waals surface area contributed by atoms with E-state index in [1.807, 2.05) is 0 Å². The van der Waals surface area contributed by atoms with Crippen LogP contribution in [-0.2, 0) is 0 Å². The lowest BCUT2D eigenvalue weighted by Crippen LogP contribution is -2.52. The minimum Gasteiger partial charge on any atom is -0.670 e. The molecule has 0 saturated carbocycles. The first-order valence-corrected chi connectivity index (χ1v) is 6.09. The van der Waals surface area contributed by atoms with Crippen molar-refractivity contribution in [3.8, 4) is 12.0 Å². The summed E-state index contributed by atoms with van der Waals surface area (Å²) in [6.45, 7) is -4.08. The second kappa shape index (κ2) is 7.46. The highest BCUT2D eigenvalue weighted by atomic mass is 19.2. The molecule has 0 aromatic carbocycles. The zero-order chi connectivity index (χ0) is 21.9. The average Bonchev–Trinajstić information content (AvgIpc) is 2.59. The van der Waals surface area contributed by atoms with E-state index < -0.39 is 66.5 Å². The van der Waals surface area contributed by atoms with Gasteiger partial charge in [-0.2, -0.15) is 0 Å². The van der Waals surface area contributed by atoms with Gasteiger partial charge < -0.3 is 19.9 Å². The molecule has 0 atom stereocenters. The molecular formula is C6H4F2N8O12. The molecule has 28 heavy (non-hydrogen) atoms. The highest BCUT2D eigenvalue weighted by Gasteiger charge is 2.61. The molecule has 1 rings (SSSR count). The molecule has 0 spiro atoms. The van der Waals surface area contributed by atoms with Crippen molar-refractivity contribution in [3.05, 3.63) is 50.9 Å². The lowest BCUT2D eigenvalue weighted by Gasteiger charge is -2.08. The van der Waals surface area contributed by atoms with Crippen LogP contribution in [0.1, 0.15) is 0 Å². The molecule has 0 aliphatic rings. The second-order valence-electron chi connectivity index (χ2n) is 4.35. The third-order valence-corrected chi connectivity index (χ3v) is 2.57. The molecule has 0 radical (unpaired) electrons. The molecule has 22 heteroatoms. The van der Waals surface area contributed by atoms with Crippen molar-refractivity contribution in [1.82, 2.24) is 10.2 Å². The Kier molecular flexibility index (Phi) is 5.76. The summed E-state index contributed by atoms with van der Waals surface area (Å²) in [7, 11) is 0. The lowest BCUT2D eigenvalue weighted by molar-refractivity contribution is -0.835. The fourth-order valence-corrected chi connectivity index (χ4v) is 1.14. The molecule has 0 saturated heterocycles. The van der Waals surface area contributed by atoms with Gasteiger partial charge in [0.05, 0.1) is 0 Å². The minimum atomic E-state index is -4.43. The summed E-state index contributed by atoms with van der Waals surface area (Å²) in [5.74, 6) is -8.86. The number of hydrogen-bond acceptors (Lipinski definition) is 14. The Labute approximate surface area is 147 Å². The molecule has 0 bridgehead atoms. The molecule has 20 nitrogen and oxygen atoms in total. The van der Waals surface area contributed by atoms with Gasteiger partial charge in [-0.25, -0.2) is 0 Å². The summed E-state index contributed by atoms with van der Waals surface area (Å²) in [5, 5.41) is 69.4. The van der Waals surface area contributed by atoms with Crippen LogP contribution < -0.4 is 19.2 Å². The first-order valence-electron chi connectivity index (χ1n) is 6.09. The van der Waals surface area contributed by atoms with Crippen molar-refractivity contribution in [2.75, 3.05) is 13.2 Å². The Morgan fingerprint density at radius 2 is 1.00 bits per heavy atom. The van der Waals surface area contributed by atoms with Gasteiger partial charge in [-0.15, -0.1) is 0 Å². The van der Waals surface area contributed by atoms with E-state index in [0.29, 0.717) is 0 Å². The number of ether oxygens (including phenoxy) is 2. The number of alkyl halides is 2. The molecule has 154 valence electrons. The number of nitrogens with zero attached hydrogens (tertiary/aromatic N) is 8. The van der Waals surface area contributed by atoms with Gasteiger partial charge in [-0.05, 0) is 0 Å². The van der Waals surface area contributed by atoms with Gasteiger partial charge in [-0.3, -0.25) is 40.5 Å². The number of rotatable bonds is 10. The van der Waals surface area contributed by atoms with Gasteiger partial charge in [0.15, 0.2) is 0 Å². The van der Waals surface area contributed by atoms with E-state index in [-0.39, 0.29) is 0 Å². The molecule has 1 aromatic rings. The monoisotopic (exact) mass is 418 g/mol. The number of hydrogen-bond donors (Lipinski definition) is 0. The predicted molar refractivity (Wildman–Crippen MR) is 66.6 cm³/mol. The number of nitro groups is 4. The first-order chi connectivity index (χ1) is 12.8. The minimum absolute atomic E-state index is 0.859. The molecule has 1 aromatic heterocycles. The normalized spacial score (nSPS) is 11.5. The Morgan fingerprint density at radius 1 is 0.750 bits per heavy atom. The van der Waals surface area contributed by atoms with E-state index in [2.05, 4.69) is 19.7 Å². The average molecular weight is 418 g/mol. The standard InChI is InChI=1S/C6H4F2N8O12/c7-5(13(19)20,14(21)22)1-27-3-9-12(18)4(10-11(3)17)28-2-6(8,15(23)24)16(25)26/h1-2H2. The van der Waals surface area contributed by atoms with Gasteiger partial charge in [0.25, 0.3) is 13.2 Å². The van der Waals surface area contributed by atoms with Crippen molar-refractivity contribution < 1.29 is 47.6 Å². The second-order valence-corrected chi connectivity index (χ2v) is 4.35. The van der Waals surface area contributed by atoms with Crippen LogP contribution in [0.5, 0.6) is 12.0 Å². The molecule has 0 N–H and O–H groups in total. The van der Waals surface area contributed by atoms with Crippen LogP contribution >= 0.6 is 0 Å². The van der Waals surface area contributed by atoms with Crippen LogP contribution in [0.3, 0.4) is 0 Å². The molecular weight excluding hydrogens is 414 g/mol. The molecule has 0 unspecified atom stereocenters. The van der Waals surface area contributed by atoms with Gasteiger partial charge in [0, 0.05) is 9.69 Å². The van der Waals surface area contributed by atoms with E-state index in [1.165, 1.54) is 0 Å². The Balaban J connectivity index is 3.02. The molecule has 0 fully saturated rings. The third-order valence-electron chi connectivity index (χ3n) is 2.57. The van der Waals surface area contributed by atoms with Crippen LogP contribution in [0.15, 0.2) is 0 Å². The Bertz CT molecular complexity index is 739. The quantitative estimate of drug-likeness (QED) is 0.0906. The molecule has 0 amide bonds. The van der Waals surface area contributed by atoms with Gasteiger partial charge in [-0.1, -0.05) is 8.78 Å². The molecule has 1 heterocycles. The summed E-state index contributed by atoms with van der Waals surface area (Å²) in [6, 6.07) is -3.16. The van der Waals surface area contributed by atoms with Crippen LogP contribution in [-0.4, -0.2) is 54.9 Å². The van der Waals surface area contributed by atoms with Crippen LogP contribution in [0.4, 0.5) is 8.78 Å². The van der Waals surface area contributed by atoms with Crippen molar-refractivity contribution in [2.24, 2.45) is 0 Å². The van der Waals surface area contributed by atoms with E-state index in [0.717, 1.165) is 0 Å². The fraction of sp³-hybridized carbons (Fsp3) is 0.667. The summed E-state index contributed by atoms with van der Waals surface area (Å²) in [6.07, 6.45) is 0. The van der Waals surface area contributed by atoms with Crippen molar-refractivity contribution >= 4 is 0 Å². The van der Waals surface area contributed by atoms with Crippen LogP contribution in [0, 0.1) is 50.9 Å². The smallest absolute Gasteiger partial charge is 0.648 e. The number of halogens is 2. The van der Waals surface area contributed by atoms with Gasteiger partial charge in [0.2, 0.25) is 10.2 Å². The van der Waals surface area contributed by atoms with Crippen molar-refractivity contribution in [2.45, 2.75) is 11.8 Å². The summed E-state index contributed by atoms with van der Waals surface area (Å²) in [5.41, 5.74) is 0. The zero-order valence-electron chi connectivity index (χ0n) is 12.6.